The summed E-state index contributed by atoms with van der Waals surface area (Å²) in [5, 5.41) is 12.4. The van der Waals surface area contributed by atoms with Crippen molar-refractivity contribution in [3.8, 4) is 0 Å². The SMILES string of the molecule is c1ccc2nc(N(c3ccc4ccccc4n3)c3ccc4c5cccc6cccc(c7cccc3c74)c65)ccc2c1. The Labute approximate surface area is 236 Å². The number of aromatic nitrogens is 2. The van der Waals surface area contributed by atoms with Gasteiger partial charge in [-0.25, -0.2) is 9.97 Å². The van der Waals surface area contributed by atoms with Crippen LogP contribution in [0.1, 0.15) is 0 Å². The van der Waals surface area contributed by atoms with E-state index in [1.165, 1.54) is 43.1 Å². The summed E-state index contributed by atoms with van der Waals surface area (Å²) in [6, 6.07) is 49.5. The highest BCUT2D eigenvalue weighted by molar-refractivity contribution is 6.34. The third kappa shape index (κ3) is 3.26. The first-order valence-corrected chi connectivity index (χ1v) is 13.9. The normalized spacial score (nSPS) is 11.9. The fourth-order valence-electron chi connectivity index (χ4n) is 6.55. The zero-order valence-corrected chi connectivity index (χ0v) is 22.1. The fraction of sp³-hybridized carbons (Fsp3) is 0. The van der Waals surface area contributed by atoms with Crippen LogP contribution in [0.5, 0.6) is 0 Å². The fourth-order valence-corrected chi connectivity index (χ4v) is 6.55. The zero-order chi connectivity index (χ0) is 26.9. The molecule has 0 saturated carbocycles. The number of para-hydroxylation sites is 2. The van der Waals surface area contributed by atoms with Crippen LogP contribution in [0.4, 0.5) is 17.3 Å². The van der Waals surface area contributed by atoms with Crippen LogP contribution >= 0.6 is 0 Å². The van der Waals surface area contributed by atoms with Gasteiger partial charge in [-0.05, 0) is 80.2 Å². The number of fused-ring (bicyclic) bond motifs is 4. The van der Waals surface area contributed by atoms with Crippen molar-refractivity contribution in [3.05, 3.63) is 140 Å². The van der Waals surface area contributed by atoms with Gasteiger partial charge in [0.15, 0.2) is 0 Å². The van der Waals surface area contributed by atoms with Gasteiger partial charge in [-0.15, -0.1) is 0 Å². The Bertz CT molecular complexity index is 2310. The average Bonchev–Trinajstić information content (AvgIpc) is 3.04. The Hall–Kier alpha value is -5.54. The highest BCUT2D eigenvalue weighted by atomic mass is 15.2. The van der Waals surface area contributed by atoms with Crippen LogP contribution in [-0.2, 0) is 0 Å². The number of benzene rings is 7. The molecule has 9 aromatic rings. The van der Waals surface area contributed by atoms with Gasteiger partial charge in [-0.2, -0.15) is 0 Å². The molecule has 0 aliphatic rings. The van der Waals surface area contributed by atoms with Crippen molar-refractivity contribution >= 4 is 82.2 Å². The third-order valence-electron chi connectivity index (χ3n) is 8.37. The Morgan fingerprint density at radius 1 is 0.341 bits per heavy atom. The lowest BCUT2D eigenvalue weighted by Gasteiger charge is -2.26. The second-order valence-electron chi connectivity index (χ2n) is 10.6. The lowest BCUT2D eigenvalue weighted by atomic mass is 9.89. The molecule has 9 rings (SSSR count). The monoisotopic (exact) mass is 521 g/mol. The third-order valence-corrected chi connectivity index (χ3v) is 8.37. The minimum atomic E-state index is 0.838. The van der Waals surface area contributed by atoms with E-state index < -0.39 is 0 Å². The van der Waals surface area contributed by atoms with Crippen molar-refractivity contribution in [3.63, 3.8) is 0 Å². The van der Waals surface area contributed by atoms with Crippen LogP contribution in [0.15, 0.2) is 140 Å². The van der Waals surface area contributed by atoms with Crippen molar-refractivity contribution in [1.29, 1.82) is 0 Å². The Balaban J connectivity index is 1.39. The van der Waals surface area contributed by atoms with E-state index in [0.29, 0.717) is 0 Å². The molecule has 190 valence electrons. The van der Waals surface area contributed by atoms with E-state index in [9.17, 15) is 0 Å². The Morgan fingerprint density at radius 3 is 1.46 bits per heavy atom. The van der Waals surface area contributed by atoms with E-state index in [2.05, 4.69) is 132 Å². The summed E-state index contributed by atoms with van der Waals surface area (Å²) in [6.07, 6.45) is 0. The molecule has 0 atom stereocenters. The van der Waals surface area contributed by atoms with Crippen molar-refractivity contribution in [2.45, 2.75) is 0 Å². The van der Waals surface area contributed by atoms with Crippen LogP contribution in [-0.4, -0.2) is 9.97 Å². The van der Waals surface area contributed by atoms with Crippen LogP contribution in [0.25, 0.3) is 64.9 Å². The van der Waals surface area contributed by atoms with E-state index in [0.717, 1.165) is 39.1 Å². The molecule has 2 aromatic heterocycles. The Kier molecular flexibility index (Phi) is 4.61. The number of hydrogen-bond donors (Lipinski definition) is 0. The van der Waals surface area contributed by atoms with E-state index in [4.69, 9.17) is 9.97 Å². The van der Waals surface area contributed by atoms with Crippen LogP contribution in [0.2, 0.25) is 0 Å². The van der Waals surface area contributed by atoms with Gasteiger partial charge in [0.05, 0.1) is 16.7 Å². The molecule has 3 heteroatoms. The minimum absolute atomic E-state index is 0.838. The predicted octanol–water partition coefficient (Wildman–Crippen LogP) is 10.3. The van der Waals surface area contributed by atoms with Crippen LogP contribution in [0.3, 0.4) is 0 Å². The predicted molar refractivity (Wildman–Crippen MR) is 173 cm³/mol. The highest BCUT2D eigenvalue weighted by Crippen LogP contribution is 2.45. The van der Waals surface area contributed by atoms with E-state index in [-0.39, 0.29) is 0 Å². The van der Waals surface area contributed by atoms with E-state index in [1.807, 2.05) is 12.1 Å². The van der Waals surface area contributed by atoms with Gasteiger partial charge in [0.1, 0.15) is 11.6 Å². The molecule has 3 nitrogen and oxygen atoms in total. The molecule has 0 aliphatic heterocycles. The molecule has 0 spiro atoms. The molecular formula is C38H23N3. The van der Waals surface area contributed by atoms with E-state index >= 15 is 0 Å². The molecule has 0 bridgehead atoms. The smallest absolute Gasteiger partial charge is 0.139 e. The number of rotatable bonds is 3. The lowest BCUT2D eigenvalue weighted by Crippen LogP contribution is -2.13. The number of hydrogen-bond acceptors (Lipinski definition) is 3. The lowest BCUT2D eigenvalue weighted by molar-refractivity contribution is 1.17. The van der Waals surface area contributed by atoms with Gasteiger partial charge in [0, 0.05) is 16.2 Å². The Morgan fingerprint density at radius 2 is 0.829 bits per heavy atom. The summed E-state index contributed by atoms with van der Waals surface area (Å²) in [5.74, 6) is 1.68. The topological polar surface area (TPSA) is 29.0 Å². The molecule has 0 saturated heterocycles. The first-order valence-electron chi connectivity index (χ1n) is 13.9. The number of anilines is 3. The van der Waals surface area contributed by atoms with Gasteiger partial charge in [-0.1, -0.05) is 97.1 Å². The van der Waals surface area contributed by atoms with Crippen molar-refractivity contribution in [2.75, 3.05) is 4.90 Å². The largest absolute Gasteiger partial charge is 0.278 e. The molecule has 2 heterocycles. The molecule has 7 aromatic carbocycles. The minimum Gasteiger partial charge on any atom is -0.278 e. The number of pyridine rings is 2. The molecule has 0 unspecified atom stereocenters. The van der Waals surface area contributed by atoms with Gasteiger partial charge in [-0.3, -0.25) is 4.90 Å². The molecule has 0 N–H and O–H groups in total. The van der Waals surface area contributed by atoms with Crippen LogP contribution in [0, 0.1) is 0 Å². The van der Waals surface area contributed by atoms with Crippen molar-refractivity contribution in [1.82, 2.24) is 9.97 Å². The molecule has 0 aliphatic carbocycles. The summed E-state index contributed by atoms with van der Waals surface area (Å²) < 4.78 is 0. The summed E-state index contributed by atoms with van der Waals surface area (Å²) in [6.45, 7) is 0. The summed E-state index contributed by atoms with van der Waals surface area (Å²) in [5.41, 5.74) is 2.97. The van der Waals surface area contributed by atoms with Gasteiger partial charge >= 0.3 is 0 Å². The van der Waals surface area contributed by atoms with Crippen LogP contribution < -0.4 is 4.90 Å². The first kappa shape index (κ1) is 22.3. The zero-order valence-electron chi connectivity index (χ0n) is 22.1. The van der Waals surface area contributed by atoms with Crippen molar-refractivity contribution < 1.29 is 0 Å². The maximum absolute atomic E-state index is 5.15. The molecule has 0 amide bonds. The molecule has 0 fully saturated rings. The van der Waals surface area contributed by atoms with Crippen molar-refractivity contribution in [2.24, 2.45) is 0 Å². The maximum Gasteiger partial charge on any atom is 0.139 e. The summed E-state index contributed by atoms with van der Waals surface area (Å²) in [7, 11) is 0. The first-order chi connectivity index (χ1) is 20.3. The standard InChI is InChI=1S/C38H23N3/c1-3-16-32-24(8-1)18-22-35(39-32)41(36-23-19-25-9-2-4-17-33(25)40-36)34-21-20-30-28-13-6-11-26-10-5-12-27(37(26)28)29-14-7-15-31(34)38(29)30/h1-23H. The van der Waals surface area contributed by atoms with Gasteiger partial charge < -0.3 is 0 Å². The second-order valence-corrected chi connectivity index (χ2v) is 10.6. The molecular weight excluding hydrogens is 498 g/mol. The molecule has 41 heavy (non-hydrogen) atoms. The quantitative estimate of drug-likeness (QED) is 0.171. The van der Waals surface area contributed by atoms with Gasteiger partial charge in [0.25, 0.3) is 0 Å². The molecule has 0 radical (unpaired) electrons. The maximum atomic E-state index is 5.15. The highest BCUT2D eigenvalue weighted by Gasteiger charge is 2.21. The van der Waals surface area contributed by atoms with E-state index in [1.54, 1.807) is 0 Å². The average molecular weight is 522 g/mol. The van der Waals surface area contributed by atoms with Gasteiger partial charge in [0.2, 0.25) is 0 Å². The second kappa shape index (κ2) is 8.48. The summed E-state index contributed by atoms with van der Waals surface area (Å²) in [4.78, 5) is 12.5. The number of nitrogens with zero attached hydrogens (tertiary/aromatic N) is 3. The summed E-state index contributed by atoms with van der Waals surface area (Å²) >= 11 is 0.